The molecule has 0 saturated heterocycles. The number of hydrogen-bond acceptors (Lipinski definition) is 4. The molecule has 1 aliphatic carbocycles. The van der Waals surface area contributed by atoms with Crippen molar-refractivity contribution in [1.29, 1.82) is 0 Å². The predicted octanol–water partition coefficient (Wildman–Crippen LogP) is 4.69. The third-order valence-corrected chi connectivity index (χ3v) is 5.59. The van der Waals surface area contributed by atoms with E-state index in [9.17, 15) is 4.79 Å². The van der Waals surface area contributed by atoms with Crippen LogP contribution in [0.1, 0.15) is 52.0 Å². The minimum absolute atomic E-state index is 0.186. The van der Waals surface area contributed by atoms with E-state index < -0.39 is 0 Å². The number of nitrogens with zero attached hydrogens (tertiary/aromatic N) is 5. The summed E-state index contributed by atoms with van der Waals surface area (Å²) in [7, 11) is 0. The van der Waals surface area contributed by atoms with Crippen molar-refractivity contribution in [2.75, 3.05) is 0 Å². The Morgan fingerprint density at radius 2 is 1.81 bits per heavy atom. The van der Waals surface area contributed by atoms with Crippen LogP contribution in [-0.4, -0.2) is 30.6 Å². The van der Waals surface area contributed by atoms with Gasteiger partial charge in [-0.3, -0.25) is 9.78 Å². The molecule has 0 unspecified atom stereocenters. The van der Waals surface area contributed by atoms with Crippen LogP contribution >= 0.6 is 0 Å². The second-order valence-corrected chi connectivity index (χ2v) is 8.29. The summed E-state index contributed by atoms with van der Waals surface area (Å²) in [6.07, 6.45) is 3.92. The largest absolute Gasteiger partial charge is 0.326 e. The van der Waals surface area contributed by atoms with E-state index >= 15 is 0 Å². The molecule has 1 saturated carbocycles. The van der Waals surface area contributed by atoms with Crippen LogP contribution in [0.4, 0.5) is 0 Å². The molecule has 0 radical (unpaired) electrons. The molecule has 0 N–H and O–H groups in total. The minimum Gasteiger partial charge on any atom is -0.326 e. The fourth-order valence-corrected chi connectivity index (χ4v) is 3.84. The number of pyridine rings is 1. The van der Waals surface area contributed by atoms with Crippen LogP contribution in [-0.2, 0) is 13.1 Å². The molecule has 1 aliphatic rings. The molecule has 6 heteroatoms. The quantitative estimate of drug-likeness (QED) is 0.433. The van der Waals surface area contributed by atoms with Gasteiger partial charge < -0.3 is 4.90 Å². The number of amides is 1. The zero-order valence-electron chi connectivity index (χ0n) is 18.1. The second kappa shape index (κ2) is 8.75. The average molecular weight is 424 g/mol. The van der Waals surface area contributed by atoms with Gasteiger partial charge in [0.05, 0.1) is 17.9 Å². The van der Waals surface area contributed by atoms with Crippen molar-refractivity contribution in [2.45, 2.75) is 38.8 Å². The monoisotopic (exact) mass is 423 g/mol. The number of aryl methyl sites for hydroxylation is 1. The van der Waals surface area contributed by atoms with Gasteiger partial charge in [0.15, 0.2) is 0 Å². The Bertz CT molecular complexity index is 1220. The van der Waals surface area contributed by atoms with Crippen molar-refractivity contribution >= 4 is 5.91 Å². The Labute approximate surface area is 187 Å². The van der Waals surface area contributed by atoms with E-state index in [-0.39, 0.29) is 11.7 Å². The molecule has 6 nitrogen and oxygen atoms in total. The van der Waals surface area contributed by atoms with Gasteiger partial charge in [-0.2, -0.15) is 0 Å². The lowest BCUT2D eigenvalue weighted by Crippen LogP contribution is -2.31. The van der Waals surface area contributed by atoms with Crippen LogP contribution in [0.15, 0.2) is 79.0 Å². The summed E-state index contributed by atoms with van der Waals surface area (Å²) in [6.45, 7) is 2.92. The summed E-state index contributed by atoms with van der Waals surface area (Å²) in [4.78, 5) is 24.5. The van der Waals surface area contributed by atoms with E-state index in [0.29, 0.717) is 19.0 Å². The summed E-state index contributed by atoms with van der Waals surface area (Å²) in [6, 6.07) is 23.9. The maximum absolute atomic E-state index is 13.6. The first-order chi connectivity index (χ1) is 15.7. The summed E-state index contributed by atoms with van der Waals surface area (Å²) < 4.78 is 1.83. The Morgan fingerprint density at radius 1 is 1.00 bits per heavy atom. The zero-order chi connectivity index (χ0) is 21.9. The summed E-state index contributed by atoms with van der Waals surface area (Å²) >= 11 is 0. The molecule has 2 aromatic heterocycles. The smallest absolute Gasteiger partial charge is 0.294 e. The van der Waals surface area contributed by atoms with Crippen LogP contribution in [0.3, 0.4) is 0 Å². The lowest BCUT2D eigenvalue weighted by molar-refractivity contribution is 0.0715. The molecule has 1 fully saturated rings. The van der Waals surface area contributed by atoms with Crippen LogP contribution in [0.25, 0.3) is 5.69 Å². The molecule has 4 aromatic rings. The van der Waals surface area contributed by atoms with Crippen molar-refractivity contribution in [2.24, 2.45) is 0 Å². The van der Waals surface area contributed by atoms with Crippen molar-refractivity contribution in [3.8, 4) is 5.69 Å². The molecule has 0 atom stereocenters. The molecule has 32 heavy (non-hydrogen) atoms. The van der Waals surface area contributed by atoms with Crippen LogP contribution in [0.2, 0.25) is 0 Å². The van der Waals surface area contributed by atoms with Gasteiger partial charge in [0, 0.05) is 18.7 Å². The Balaban J connectivity index is 1.49. The highest BCUT2D eigenvalue weighted by atomic mass is 16.2. The summed E-state index contributed by atoms with van der Waals surface area (Å²) in [5, 5.41) is 4.66. The first-order valence-corrected chi connectivity index (χ1v) is 10.9. The van der Waals surface area contributed by atoms with E-state index in [1.54, 1.807) is 11.1 Å². The predicted molar refractivity (Wildman–Crippen MR) is 122 cm³/mol. The number of rotatable bonds is 7. The number of aromatic nitrogens is 4. The zero-order valence-corrected chi connectivity index (χ0v) is 18.1. The number of carbonyl (C=O) groups is 1. The first kappa shape index (κ1) is 20.1. The molecule has 2 heterocycles. The first-order valence-electron chi connectivity index (χ1n) is 10.9. The Hall–Kier alpha value is -3.80. The van der Waals surface area contributed by atoms with Crippen molar-refractivity contribution in [1.82, 2.24) is 24.6 Å². The van der Waals surface area contributed by atoms with Crippen LogP contribution < -0.4 is 0 Å². The van der Waals surface area contributed by atoms with Gasteiger partial charge in [-0.05, 0) is 49.6 Å². The van der Waals surface area contributed by atoms with Crippen LogP contribution in [0.5, 0.6) is 0 Å². The average Bonchev–Trinajstić information content (AvgIpc) is 3.57. The molecule has 0 bridgehead atoms. The lowest BCUT2D eigenvalue weighted by Gasteiger charge is -2.21. The van der Waals surface area contributed by atoms with Crippen molar-refractivity contribution < 1.29 is 4.79 Å². The van der Waals surface area contributed by atoms with Crippen molar-refractivity contribution in [3.05, 3.63) is 107 Å². The molecule has 1 amide bonds. The third-order valence-electron chi connectivity index (χ3n) is 5.59. The van der Waals surface area contributed by atoms with Gasteiger partial charge >= 0.3 is 0 Å². The van der Waals surface area contributed by atoms with E-state index in [1.165, 1.54) is 0 Å². The van der Waals surface area contributed by atoms with Crippen molar-refractivity contribution in [3.63, 3.8) is 0 Å². The highest BCUT2D eigenvalue weighted by Gasteiger charge is 2.32. The second-order valence-electron chi connectivity index (χ2n) is 8.29. The van der Waals surface area contributed by atoms with Gasteiger partial charge in [0.1, 0.15) is 5.82 Å². The van der Waals surface area contributed by atoms with Gasteiger partial charge in [-0.15, -0.1) is 5.10 Å². The summed E-state index contributed by atoms with van der Waals surface area (Å²) in [5.74, 6) is 1.28. The van der Waals surface area contributed by atoms with E-state index in [0.717, 1.165) is 41.2 Å². The molecular formula is C26H25N5O. The molecule has 2 aromatic carbocycles. The number of hydrogen-bond donors (Lipinski definition) is 0. The number of benzene rings is 2. The van der Waals surface area contributed by atoms with E-state index in [2.05, 4.69) is 29.1 Å². The topological polar surface area (TPSA) is 63.9 Å². The van der Waals surface area contributed by atoms with Crippen LogP contribution in [0, 0.1) is 6.92 Å². The Morgan fingerprint density at radius 3 is 2.53 bits per heavy atom. The van der Waals surface area contributed by atoms with E-state index in [4.69, 9.17) is 4.98 Å². The third kappa shape index (κ3) is 4.44. The fourth-order valence-electron chi connectivity index (χ4n) is 3.84. The number of para-hydroxylation sites is 1. The minimum atomic E-state index is -0.186. The van der Waals surface area contributed by atoms with Gasteiger partial charge in [0.25, 0.3) is 5.91 Å². The highest BCUT2D eigenvalue weighted by molar-refractivity contribution is 5.90. The maximum atomic E-state index is 13.6. The molecular weight excluding hydrogens is 398 g/mol. The van der Waals surface area contributed by atoms with Gasteiger partial charge in [-0.1, -0.05) is 54.1 Å². The molecule has 0 spiro atoms. The fraction of sp³-hybridized carbons (Fsp3) is 0.231. The summed E-state index contributed by atoms with van der Waals surface area (Å²) in [5.41, 5.74) is 3.99. The van der Waals surface area contributed by atoms with E-state index in [1.807, 2.05) is 65.3 Å². The van der Waals surface area contributed by atoms with Gasteiger partial charge in [-0.25, -0.2) is 9.67 Å². The lowest BCUT2D eigenvalue weighted by atomic mass is 10.1. The Kier molecular flexibility index (Phi) is 5.50. The highest BCUT2D eigenvalue weighted by Crippen LogP contribution is 2.39. The molecule has 160 valence electrons. The molecule has 0 aliphatic heterocycles. The van der Waals surface area contributed by atoms with Gasteiger partial charge in [0.2, 0.25) is 5.82 Å². The SMILES string of the molecule is Cc1cccc(CN(Cc2ccccn2)C(=O)c2nc(C3CC3)n(-c3ccccc3)n2)c1. The number of carbonyl (C=O) groups excluding carboxylic acids is 1. The molecule has 5 rings (SSSR count). The normalized spacial score (nSPS) is 13.2. The standard InChI is InChI=1S/C26H25N5O/c1-19-8-7-9-20(16-19)17-30(18-22-10-5-6-15-27-22)26(32)24-28-25(21-13-14-21)31(29-24)23-11-3-2-4-12-23/h2-12,15-16,21H,13-14,17-18H2,1H3. The maximum Gasteiger partial charge on any atom is 0.294 e.